The summed E-state index contributed by atoms with van der Waals surface area (Å²) in [5, 5.41) is 3.47. The molecular formula is C16H18N2O2. The van der Waals surface area contributed by atoms with E-state index < -0.39 is 0 Å². The van der Waals surface area contributed by atoms with Gasteiger partial charge < -0.3 is 14.5 Å². The van der Waals surface area contributed by atoms with Crippen LogP contribution in [0.25, 0.3) is 11.3 Å². The van der Waals surface area contributed by atoms with Gasteiger partial charge in [0.15, 0.2) is 11.7 Å². The molecule has 1 saturated carbocycles. The Kier molecular flexibility index (Phi) is 3.05. The fourth-order valence-electron chi connectivity index (χ4n) is 2.56. The van der Waals surface area contributed by atoms with Gasteiger partial charge in [0.05, 0.1) is 19.4 Å². The number of hydrogen-bond acceptors (Lipinski definition) is 4. The van der Waals surface area contributed by atoms with E-state index in [0.717, 1.165) is 42.8 Å². The van der Waals surface area contributed by atoms with Gasteiger partial charge >= 0.3 is 0 Å². The maximum Gasteiger partial charge on any atom is 0.196 e. The van der Waals surface area contributed by atoms with Crippen LogP contribution >= 0.6 is 0 Å². The molecule has 1 aliphatic carbocycles. The van der Waals surface area contributed by atoms with Crippen LogP contribution in [-0.2, 0) is 24.4 Å². The van der Waals surface area contributed by atoms with Crippen LogP contribution in [0.1, 0.15) is 29.9 Å². The summed E-state index contributed by atoms with van der Waals surface area (Å²) in [6, 6.07) is 7.09. The molecule has 0 amide bonds. The van der Waals surface area contributed by atoms with Crippen LogP contribution in [0.2, 0.25) is 0 Å². The van der Waals surface area contributed by atoms with Gasteiger partial charge in [-0.25, -0.2) is 4.98 Å². The molecular weight excluding hydrogens is 252 g/mol. The summed E-state index contributed by atoms with van der Waals surface area (Å²) in [5.41, 5.74) is 3.63. The SMILES string of the molecule is c1cc2c(cc1-c1cnc(CCNC3CC3)o1)COC2. The Bertz CT molecular complexity index is 617. The highest BCUT2D eigenvalue weighted by Gasteiger charge is 2.20. The number of nitrogens with zero attached hydrogens (tertiary/aromatic N) is 1. The zero-order valence-corrected chi connectivity index (χ0v) is 11.4. The Balaban J connectivity index is 1.46. The lowest BCUT2D eigenvalue weighted by Gasteiger charge is -2.01. The van der Waals surface area contributed by atoms with Crippen molar-refractivity contribution in [1.29, 1.82) is 0 Å². The molecule has 1 aliphatic heterocycles. The Morgan fingerprint density at radius 2 is 2.10 bits per heavy atom. The van der Waals surface area contributed by atoms with Gasteiger partial charge in [-0.1, -0.05) is 12.1 Å². The van der Waals surface area contributed by atoms with Gasteiger partial charge in [0, 0.05) is 24.6 Å². The minimum absolute atomic E-state index is 0.704. The van der Waals surface area contributed by atoms with Crippen molar-refractivity contribution >= 4 is 0 Å². The van der Waals surface area contributed by atoms with E-state index in [-0.39, 0.29) is 0 Å². The number of nitrogens with one attached hydrogen (secondary N) is 1. The van der Waals surface area contributed by atoms with E-state index in [1.807, 2.05) is 6.20 Å². The van der Waals surface area contributed by atoms with Crippen molar-refractivity contribution < 1.29 is 9.15 Å². The van der Waals surface area contributed by atoms with Crippen LogP contribution < -0.4 is 5.32 Å². The van der Waals surface area contributed by atoms with Crippen molar-refractivity contribution in [1.82, 2.24) is 10.3 Å². The highest BCUT2D eigenvalue weighted by Crippen LogP contribution is 2.27. The van der Waals surface area contributed by atoms with E-state index in [1.54, 1.807) is 0 Å². The summed E-state index contributed by atoms with van der Waals surface area (Å²) in [5.74, 6) is 1.66. The van der Waals surface area contributed by atoms with E-state index in [9.17, 15) is 0 Å². The second kappa shape index (κ2) is 5.04. The zero-order chi connectivity index (χ0) is 13.4. The van der Waals surface area contributed by atoms with E-state index in [2.05, 4.69) is 28.5 Å². The van der Waals surface area contributed by atoms with Gasteiger partial charge in [-0.3, -0.25) is 0 Å². The molecule has 0 radical (unpaired) electrons. The first-order valence-electron chi connectivity index (χ1n) is 7.26. The predicted molar refractivity (Wildman–Crippen MR) is 75.2 cm³/mol. The lowest BCUT2D eigenvalue weighted by Crippen LogP contribution is -2.19. The molecule has 1 fully saturated rings. The third-order valence-corrected chi connectivity index (χ3v) is 3.91. The molecule has 1 aromatic heterocycles. The molecule has 0 saturated heterocycles. The Labute approximate surface area is 118 Å². The quantitative estimate of drug-likeness (QED) is 0.907. The first-order chi connectivity index (χ1) is 9.88. The first kappa shape index (κ1) is 12.1. The lowest BCUT2D eigenvalue weighted by atomic mass is 10.1. The molecule has 4 heteroatoms. The maximum atomic E-state index is 5.84. The van der Waals surface area contributed by atoms with E-state index in [1.165, 1.54) is 24.0 Å². The molecule has 2 aromatic rings. The largest absolute Gasteiger partial charge is 0.441 e. The monoisotopic (exact) mass is 270 g/mol. The van der Waals surface area contributed by atoms with Gasteiger partial charge in [0.25, 0.3) is 0 Å². The summed E-state index contributed by atoms with van der Waals surface area (Å²) < 4.78 is 11.3. The van der Waals surface area contributed by atoms with E-state index in [0.29, 0.717) is 6.61 Å². The number of hydrogen-bond donors (Lipinski definition) is 1. The molecule has 1 aromatic carbocycles. The summed E-state index contributed by atoms with van der Waals surface area (Å²) >= 11 is 0. The molecule has 104 valence electrons. The van der Waals surface area contributed by atoms with Crippen molar-refractivity contribution in [3.8, 4) is 11.3 Å². The van der Waals surface area contributed by atoms with Crippen LogP contribution in [0.15, 0.2) is 28.8 Å². The number of benzene rings is 1. The molecule has 0 unspecified atom stereocenters. The predicted octanol–water partition coefficient (Wildman–Crippen LogP) is 2.67. The molecule has 0 spiro atoms. The average Bonchev–Trinajstić information content (AvgIpc) is 2.99. The molecule has 2 heterocycles. The van der Waals surface area contributed by atoms with E-state index >= 15 is 0 Å². The van der Waals surface area contributed by atoms with Crippen LogP contribution in [0.3, 0.4) is 0 Å². The Morgan fingerprint density at radius 3 is 3.00 bits per heavy atom. The zero-order valence-electron chi connectivity index (χ0n) is 11.4. The topological polar surface area (TPSA) is 47.3 Å². The molecule has 0 atom stereocenters. The number of rotatable bonds is 5. The van der Waals surface area contributed by atoms with Gasteiger partial charge in [0.2, 0.25) is 0 Å². The summed E-state index contributed by atoms with van der Waals surface area (Å²) in [6.45, 7) is 2.38. The fraction of sp³-hybridized carbons (Fsp3) is 0.438. The first-order valence-corrected chi connectivity index (χ1v) is 7.26. The van der Waals surface area contributed by atoms with Crippen LogP contribution in [-0.4, -0.2) is 17.6 Å². The molecule has 4 nitrogen and oxygen atoms in total. The summed E-state index contributed by atoms with van der Waals surface area (Å²) in [4.78, 5) is 4.37. The molecule has 0 bridgehead atoms. The van der Waals surface area contributed by atoms with Gasteiger partial charge in [-0.05, 0) is 30.0 Å². The third-order valence-electron chi connectivity index (χ3n) is 3.91. The van der Waals surface area contributed by atoms with Crippen LogP contribution in [0.5, 0.6) is 0 Å². The van der Waals surface area contributed by atoms with Crippen molar-refractivity contribution in [3.05, 3.63) is 41.4 Å². The number of oxazole rings is 1. The molecule has 1 N–H and O–H groups in total. The molecule has 4 rings (SSSR count). The summed E-state index contributed by atoms with van der Waals surface area (Å²) in [7, 11) is 0. The molecule has 20 heavy (non-hydrogen) atoms. The minimum atomic E-state index is 0.704. The highest BCUT2D eigenvalue weighted by atomic mass is 16.5. The van der Waals surface area contributed by atoms with Gasteiger partial charge in [-0.2, -0.15) is 0 Å². The second-order valence-electron chi connectivity index (χ2n) is 5.57. The van der Waals surface area contributed by atoms with Gasteiger partial charge in [0.1, 0.15) is 0 Å². The highest BCUT2D eigenvalue weighted by molar-refractivity contribution is 5.59. The third kappa shape index (κ3) is 2.49. The van der Waals surface area contributed by atoms with Crippen LogP contribution in [0.4, 0.5) is 0 Å². The van der Waals surface area contributed by atoms with E-state index in [4.69, 9.17) is 9.15 Å². The van der Waals surface area contributed by atoms with Gasteiger partial charge in [-0.15, -0.1) is 0 Å². The minimum Gasteiger partial charge on any atom is -0.441 e. The van der Waals surface area contributed by atoms with Crippen LogP contribution in [0, 0.1) is 0 Å². The molecule has 2 aliphatic rings. The maximum absolute atomic E-state index is 5.84. The number of aromatic nitrogens is 1. The Hall–Kier alpha value is -1.65. The Morgan fingerprint density at radius 1 is 1.20 bits per heavy atom. The number of ether oxygens (including phenoxy) is 1. The summed E-state index contributed by atoms with van der Waals surface area (Å²) in [6.07, 6.45) is 5.30. The lowest BCUT2D eigenvalue weighted by molar-refractivity contribution is 0.134. The second-order valence-corrected chi connectivity index (χ2v) is 5.57. The average molecular weight is 270 g/mol. The van der Waals surface area contributed by atoms with Crippen molar-refractivity contribution in [2.45, 2.75) is 38.5 Å². The standard InChI is InChI=1S/C16H18N2O2/c1-2-12-9-19-10-13(12)7-11(1)15-8-18-16(20-15)5-6-17-14-3-4-14/h1-2,7-8,14,17H,3-6,9-10H2. The smallest absolute Gasteiger partial charge is 0.196 e. The fourth-order valence-corrected chi connectivity index (χ4v) is 2.56. The van der Waals surface area contributed by atoms with Crippen molar-refractivity contribution in [2.75, 3.05) is 6.54 Å². The normalized spacial score (nSPS) is 17.4. The number of fused-ring (bicyclic) bond motifs is 1. The van der Waals surface area contributed by atoms with Crippen molar-refractivity contribution in [3.63, 3.8) is 0 Å². The van der Waals surface area contributed by atoms with Crippen molar-refractivity contribution in [2.24, 2.45) is 0 Å².